The Hall–Kier alpha value is -4.29. The number of carboxylic acids is 1. The number of carbonyl (C=O) groups excluding carboxylic acids is 1. The number of nitrogens with one attached hydrogen (secondary N) is 1. The van der Waals surface area contributed by atoms with E-state index in [0.29, 0.717) is 17.5 Å². The van der Waals surface area contributed by atoms with Gasteiger partial charge in [-0.05, 0) is 53.6 Å². The van der Waals surface area contributed by atoms with Gasteiger partial charge in [-0.15, -0.1) is 0 Å². The number of carboxylic acid groups (broad SMARTS) is 1. The number of nitrogens with zero attached hydrogens (tertiary/aromatic N) is 1. The number of amides is 2. The predicted octanol–water partition coefficient (Wildman–Crippen LogP) is 3.72. The zero-order chi connectivity index (χ0) is 24.3. The summed E-state index contributed by atoms with van der Waals surface area (Å²) in [5.74, 6) is 5.63. The third kappa shape index (κ3) is 4.72. The third-order valence-corrected chi connectivity index (χ3v) is 6.97. The van der Waals surface area contributed by atoms with Crippen molar-refractivity contribution in [3.8, 4) is 17.6 Å². The van der Waals surface area contributed by atoms with E-state index in [1.807, 2.05) is 24.3 Å². The van der Waals surface area contributed by atoms with Crippen LogP contribution in [0.5, 0.6) is 5.75 Å². The normalized spacial score (nSPS) is 13.8. The summed E-state index contributed by atoms with van der Waals surface area (Å²) >= 11 is 0. The minimum Gasteiger partial charge on any atom is -0.497 e. The Morgan fingerprint density at radius 2 is 1.82 bits per heavy atom. The quantitative estimate of drug-likeness (QED) is 0.543. The van der Waals surface area contributed by atoms with Crippen LogP contribution in [0, 0.1) is 11.8 Å². The van der Waals surface area contributed by atoms with Crippen LogP contribution in [0.1, 0.15) is 27.0 Å². The van der Waals surface area contributed by atoms with E-state index in [9.17, 15) is 18.0 Å². The molecular weight excluding hydrogens is 456 g/mol. The molecule has 3 aromatic carbocycles. The molecule has 2 N–H and O–H groups in total. The van der Waals surface area contributed by atoms with Crippen LogP contribution >= 0.6 is 0 Å². The van der Waals surface area contributed by atoms with Crippen molar-refractivity contribution in [3.63, 3.8) is 0 Å². The molecule has 172 valence electrons. The molecule has 1 heterocycles. The molecule has 1 aliphatic rings. The van der Waals surface area contributed by atoms with Crippen LogP contribution in [0.4, 0.5) is 10.5 Å². The van der Waals surface area contributed by atoms with Crippen molar-refractivity contribution in [1.29, 1.82) is 0 Å². The largest absolute Gasteiger partial charge is 0.497 e. The number of anilines is 1. The lowest BCUT2D eigenvalue weighted by Crippen LogP contribution is -2.43. The minimum absolute atomic E-state index is 0.0533. The number of aromatic carboxylic acids is 1. The molecular formula is C25H20N2O6S. The number of rotatable bonds is 5. The van der Waals surface area contributed by atoms with Gasteiger partial charge in [0.1, 0.15) is 10.6 Å². The highest BCUT2D eigenvalue weighted by atomic mass is 32.2. The SMILES string of the molecule is COc1cccc(CC#Cc2ccc3c(c2)S(=O)(=O)N(Cc2ccc(C(=O)O)cc2)C(=O)N3)c1. The minimum atomic E-state index is -4.14. The molecule has 0 bridgehead atoms. The molecule has 9 heteroatoms. The number of carbonyl (C=O) groups is 2. The molecule has 0 saturated heterocycles. The first-order chi connectivity index (χ1) is 16.3. The summed E-state index contributed by atoms with van der Waals surface area (Å²) in [6.07, 6.45) is 0.455. The first-order valence-corrected chi connectivity index (χ1v) is 11.6. The third-order valence-electron chi connectivity index (χ3n) is 5.20. The Morgan fingerprint density at radius 1 is 1.06 bits per heavy atom. The summed E-state index contributed by atoms with van der Waals surface area (Å²) in [6.45, 7) is -0.237. The average molecular weight is 477 g/mol. The molecule has 0 unspecified atom stereocenters. The van der Waals surface area contributed by atoms with E-state index in [1.165, 1.54) is 36.4 Å². The van der Waals surface area contributed by atoms with Crippen LogP contribution in [0.2, 0.25) is 0 Å². The van der Waals surface area contributed by atoms with Crippen LogP contribution in [0.25, 0.3) is 0 Å². The Morgan fingerprint density at radius 3 is 2.53 bits per heavy atom. The highest BCUT2D eigenvalue weighted by Gasteiger charge is 2.36. The summed E-state index contributed by atoms with van der Waals surface area (Å²) in [4.78, 5) is 23.5. The van der Waals surface area contributed by atoms with Gasteiger partial charge in [-0.2, -0.15) is 0 Å². The van der Waals surface area contributed by atoms with Crippen molar-refractivity contribution in [2.75, 3.05) is 12.4 Å². The van der Waals surface area contributed by atoms with E-state index < -0.39 is 22.0 Å². The summed E-state index contributed by atoms with van der Waals surface area (Å²) in [5, 5.41) is 11.6. The fourth-order valence-electron chi connectivity index (χ4n) is 3.43. The van der Waals surface area contributed by atoms with E-state index in [0.717, 1.165) is 15.6 Å². The van der Waals surface area contributed by atoms with Gasteiger partial charge in [-0.25, -0.2) is 22.3 Å². The summed E-state index contributed by atoms with van der Waals surface area (Å²) in [7, 11) is -2.56. The molecule has 0 atom stereocenters. The van der Waals surface area contributed by atoms with Crippen molar-refractivity contribution in [1.82, 2.24) is 4.31 Å². The molecule has 4 rings (SSSR count). The Balaban J connectivity index is 1.57. The molecule has 0 aromatic heterocycles. The number of urea groups is 1. The molecule has 34 heavy (non-hydrogen) atoms. The lowest BCUT2D eigenvalue weighted by atomic mass is 10.1. The van der Waals surface area contributed by atoms with Gasteiger partial charge >= 0.3 is 12.0 Å². The van der Waals surface area contributed by atoms with Crippen molar-refractivity contribution >= 4 is 27.7 Å². The fourth-order valence-corrected chi connectivity index (χ4v) is 4.92. The Bertz CT molecular complexity index is 1440. The molecule has 0 aliphatic carbocycles. The van der Waals surface area contributed by atoms with Gasteiger partial charge in [-0.1, -0.05) is 36.1 Å². The van der Waals surface area contributed by atoms with Gasteiger partial charge in [-0.3, -0.25) is 0 Å². The maximum Gasteiger partial charge on any atom is 0.336 e. The van der Waals surface area contributed by atoms with Gasteiger partial charge in [0.05, 0.1) is 24.9 Å². The first-order valence-electron chi connectivity index (χ1n) is 10.2. The van der Waals surface area contributed by atoms with Gasteiger partial charge in [0.2, 0.25) is 0 Å². The second-order valence-corrected chi connectivity index (χ2v) is 9.32. The smallest absolute Gasteiger partial charge is 0.336 e. The standard InChI is InChI=1S/C25H20N2O6S/c1-33-21-7-3-6-17(14-21)4-2-5-18-10-13-22-23(15-18)34(31,32)27(25(30)26-22)16-19-8-11-20(12-9-19)24(28)29/h3,6-15H,4,16H2,1H3,(H,26,30)(H,28,29). The number of benzene rings is 3. The highest BCUT2D eigenvalue weighted by molar-refractivity contribution is 7.90. The van der Waals surface area contributed by atoms with Crippen LogP contribution < -0.4 is 10.1 Å². The lowest BCUT2D eigenvalue weighted by Gasteiger charge is -2.29. The number of sulfonamides is 1. The monoisotopic (exact) mass is 476 g/mol. The molecule has 1 aliphatic heterocycles. The van der Waals surface area contributed by atoms with Crippen LogP contribution in [0.3, 0.4) is 0 Å². The lowest BCUT2D eigenvalue weighted by molar-refractivity contribution is 0.0696. The summed E-state index contributed by atoms with van der Waals surface area (Å²) < 4.78 is 32.4. The molecule has 3 aromatic rings. The summed E-state index contributed by atoms with van der Waals surface area (Å²) in [6, 6.07) is 17.0. The van der Waals surface area contributed by atoms with E-state index in [-0.39, 0.29) is 22.7 Å². The topological polar surface area (TPSA) is 113 Å². The van der Waals surface area contributed by atoms with Gasteiger partial charge in [0, 0.05) is 12.0 Å². The Labute approximate surface area is 196 Å². The van der Waals surface area contributed by atoms with Gasteiger partial charge < -0.3 is 15.2 Å². The molecule has 0 spiro atoms. The molecule has 0 fully saturated rings. The van der Waals surface area contributed by atoms with Crippen molar-refractivity contribution < 1.29 is 27.9 Å². The number of fused-ring (bicyclic) bond motifs is 1. The number of hydrogen-bond donors (Lipinski definition) is 2. The van der Waals surface area contributed by atoms with Crippen molar-refractivity contribution in [2.45, 2.75) is 17.9 Å². The van der Waals surface area contributed by atoms with Crippen LogP contribution in [-0.2, 0) is 23.0 Å². The molecule has 8 nitrogen and oxygen atoms in total. The van der Waals surface area contributed by atoms with Gasteiger partial charge in [0.25, 0.3) is 10.0 Å². The number of ether oxygens (including phenoxy) is 1. The Kier molecular flexibility index (Phi) is 6.25. The van der Waals surface area contributed by atoms with E-state index in [2.05, 4.69) is 17.2 Å². The maximum atomic E-state index is 13.2. The van der Waals surface area contributed by atoms with E-state index in [1.54, 1.807) is 13.2 Å². The zero-order valence-corrected chi connectivity index (χ0v) is 18.9. The van der Waals surface area contributed by atoms with E-state index in [4.69, 9.17) is 9.84 Å². The molecule has 2 amide bonds. The molecule has 0 saturated carbocycles. The maximum absolute atomic E-state index is 13.2. The molecule has 0 radical (unpaired) electrons. The second-order valence-electron chi connectivity index (χ2n) is 7.48. The number of hydrogen-bond acceptors (Lipinski definition) is 5. The fraction of sp³-hybridized carbons (Fsp3) is 0.120. The second kappa shape index (κ2) is 9.29. The van der Waals surface area contributed by atoms with Crippen LogP contribution in [0.15, 0.2) is 71.6 Å². The van der Waals surface area contributed by atoms with Gasteiger partial charge in [0.15, 0.2) is 0 Å². The van der Waals surface area contributed by atoms with Crippen molar-refractivity contribution in [2.24, 2.45) is 0 Å². The zero-order valence-electron chi connectivity index (χ0n) is 18.1. The first kappa shape index (κ1) is 22.9. The average Bonchev–Trinajstić information content (AvgIpc) is 2.82. The van der Waals surface area contributed by atoms with Crippen LogP contribution in [-0.4, -0.2) is 36.9 Å². The highest BCUT2D eigenvalue weighted by Crippen LogP contribution is 2.32. The summed E-state index contributed by atoms with van der Waals surface area (Å²) in [5.41, 5.74) is 2.18. The predicted molar refractivity (Wildman–Crippen MR) is 125 cm³/mol. The number of methoxy groups -OCH3 is 1. The van der Waals surface area contributed by atoms with Crippen molar-refractivity contribution in [3.05, 3.63) is 89.0 Å². The van der Waals surface area contributed by atoms with E-state index >= 15 is 0 Å².